The minimum atomic E-state index is -0.0501. The summed E-state index contributed by atoms with van der Waals surface area (Å²) in [5.41, 5.74) is 50.9. The summed E-state index contributed by atoms with van der Waals surface area (Å²) in [6.45, 7) is 58.0. The lowest BCUT2D eigenvalue weighted by Crippen LogP contribution is -2.45. The van der Waals surface area contributed by atoms with Crippen molar-refractivity contribution in [2.75, 3.05) is 0 Å². The topological polar surface area (TPSA) is 15.5 Å². The van der Waals surface area contributed by atoms with Gasteiger partial charge in [-0.1, -0.05) is 245 Å². The molecular formula is C121H130N4+4. The maximum atomic E-state index is 2.47. The second kappa shape index (κ2) is 30.9. The highest BCUT2D eigenvalue weighted by Crippen LogP contribution is 2.61. The average molecular weight is 1640 g/mol. The number of pyridine rings is 4. The first-order chi connectivity index (χ1) is 59.0. The van der Waals surface area contributed by atoms with Gasteiger partial charge >= 0.3 is 0 Å². The molecule has 125 heavy (non-hydrogen) atoms. The number of fused-ring (bicyclic) bond motifs is 19. The molecule has 4 aromatic heterocycles. The summed E-state index contributed by atoms with van der Waals surface area (Å²) in [6.07, 6.45) is 10.9. The Labute approximate surface area is 746 Å². The molecule has 4 heteroatoms. The van der Waals surface area contributed by atoms with Crippen molar-refractivity contribution in [1.29, 1.82) is 0 Å². The fourth-order valence-corrected chi connectivity index (χ4v) is 22.3. The van der Waals surface area contributed by atoms with Crippen molar-refractivity contribution in [1.82, 2.24) is 0 Å². The first-order valence-corrected chi connectivity index (χ1v) is 45.6. The van der Waals surface area contributed by atoms with Crippen LogP contribution in [0.15, 0.2) is 237 Å². The van der Waals surface area contributed by atoms with Crippen molar-refractivity contribution in [3.63, 3.8) is 0 Å². The van der Waals surface area contributed by atoms with E-state index in [0.29, 0.717) is 0 Å². The summed E-state index contributed by atoms with van der Waals surface area (Å²) in [7, 11) is 8.62. The van der Waals surface area contributed by atoms with Gasteiger partial charge < -0.3 is 0 Å². The molecule has 0 unspecified atom stereocenters. The molecule has 0 atom stereocenters. The lowest BCUT2D eigenvalue weighted by atomic mass is 9.53. The Kier molecular flexibility index (Phi) is 21.1. The van der Waals surface area contributed by atoms with Crippen molar-refractivity contribution in [3.05, 3.63) is 354 Å². The monoisotopic (exact) mass is 1640 g/mol. The number of benzene rings is 12. The van der Waals surface area contributed by atoms with Gasteiger partial charge in [-0.25, -0.2) is 18.3 Å². The van der Waals surface area contributed by atoms with E-state index in [2.05, 4.69) is 457 Å². The number of aromatic nitrogens is 4. The number of rotatable bonds is 4. The molecule has 0 bridgehead atoms. The Bertz CT molecular complexity index is 7220. The van der Waals surface area contributed by atoms with Gasteiger partial charge in [-0.2, -0.15) is 0 Å². The molecule has 12 aromatic carbocycles. The second-order valence-electron chi connectivity index (χ2n) is 41.3. The van der Waals surface area contributed by atoms with Crippen molar-refractivity contribution in [2.45, 2.75) is 218 Å². The van der Waals surface area contributed by atoms with E-state index in [4.69, 9.17) is 0 Å². The summed E-state index contributed by atoms with van der Waals surface area (Å²) in [6, 6.07) is 81.1. The third-order valence-electron chi connectivity index (χ3n) is 31.4. The van der Waals surface area contributed by atoms with Crippen LogP contribution < -0.4 is 18.3 Å². The van der Waals surface area contributed by atoms with Crippen LogP contribution in [0.4, 0.5) is 0 Å². The zero-order valence-corrected chi connectivity index (χ0v) is 80.2. The van der Waals surface area contributed by atoms with E-state index in [1.807, 2.05) is 0 Å². The number of hydrogen-bond acceptors (Lipinski definition) is 0. The van der Waals surface area contributed by atoms with Gasteiger partial charge in [0.15, 0.2) is 24.8 Å². The number of nitrogens with zero attached hydrogens (tertiary/aromatic N) is 4. The molecule has 0 N–H and O–H groups in total. The van der Waals surface area contributed by atoms with Crippen LogP contribution in [0.5, 0.6) is 0 Å². The van der Waals surface area contributed by atoms with Crippen LogP contribution in [0.3, 0.4) is 0 Å². The molecule has 0 radical (unpaired) electrons. The zero-order chi connectivity index (χ0) is 89.3. The molecule has 4 heterocycles. The lowest BCUT2D eigenvalue weighted by Gasteiger charge is -2.49. The molecule has 20 rings (SSSR count). The summed E-state index contributed by atoms with van der Waals surface area (Å²) < 4.78 is 9.03. The van der Waals surface area contributed by atoms with Gasteiger partial charge in [0.25, 0.3) is 0 Å². The van der Waals surface area contributed by atoms with Crippen LogP contribution in [0, 0.1) is 90.0 Å². The molecular weight excluding hydrogens is 1510 g/mol. The highest BCUT2D eigenvalue weighted by Gasteiger charge is 2.51. The van der Waals surface area contributed by atoms with Crippen molar-refractivity contribution in [2.24, 2.45) is 28.2 Å². The minimum absolute atomic E-state index is 0.00601. The summed E-state index contributed by atoms with van der Waals surface area (Å²) >= 11 is 0. The van der Waals surface area contributed by atoms with Crippen LogP contribution in [0.2, 0.25) is 0 Å². The van der Waals surface area contributed by atoms with Crippen LogP contribution >= 0.6 is 0 Å². The first-order valence-electron chi connectivity index (χ1n) is 45.6. The van der Waals surface area contributed by atoms with Gasteiger partial charge in [0, 0.05) is 75.9 Å². The normalized spacial score (nSPS) is 15.2. The predicted octanol–water partition coefficient (Wildman–Crippen LogP) is 28.8. The number of hydrogen-bond donors (Lipinski definition) is 0. The standard InChI is InChI=1S/3C31H34N.C28H28N/c1-19-9-11-23-22(15-19)10-12-26-29(23)25-18-24(28-16-20(2)13-14-32(28)8)21(3)17-27(25)31(6,7)30(26,4)5;1-19-9-11-23-22(15-19)10-12-24-26-18-25(28-16-20(2)13-14-32(28)8)21(3)17-27(26)30(4,5)31(6,7)29(23)24;1-19-15-16-32(8)26(17-19)27-20(2)13-14-24-25-18-21(3)22-11-9-10-12-23(22)28(25)30(4,5)31(6,7)29(24)27;1-17-6-7-21-16-25-22(15-23(21)12-17)8-9-24-27(25)19(3)14-20(4)28(24)26-13-18(2)10-11-29(26)5/h3*9-18H,1-8H3;6-7,10-16H,8-9H2,1-5H3/q4*+1. The molecule has 0 spiro atoms. The first kappa shape index (κ1) is 85.4. The second-order valence-corrected chi connectivity index (χ2v) is 41.3. The summed E-state index contributed by atoms with van der Waals surface area (Å²) in [4.78, 5) is 0. The molecule has 16 aromatic rings. The Hall–Kier alpha value is -11.7. The van der Waals surface area contributed by atoms with Gasteiger partial charge in [-0.05, 0) is 325 Å². The summed E-state index contributed by atoms with van der Waals surface area (Å²) in [5.74, 6) is 0. The van der Waals surface area contributed by atoms with Crippen LogP contribution in [0.25, 0.3) is 133 Å². The molecule has 0 aliphatic heterocycles. The smallest absolute Gasteiger partial charge is 0.201 e. The van der Waals surface area contributed by atoms with Gasteiger partial charge in [0.1, 0.15) is 28.2 Å². The van der Waals surface area contributed by atoms with Gasteiger partial charge in [-0.3, -0.25) is 0 Å². The van der Waals surface area contributed by atoms with E-state index in [9.17, 15) is 0 Å². The fraction of sp³-hybridized carbons (Fsp3) is 0.306. The Morgan fingerprint density at radius 1 is 0.216 bits per heavy atom. The highest BCUT2D eigenvalue weighted by atomic mass is 14.9. The Balaban J connectivity index is 0.000000118. The molecule has 0 saturated heterocycles. The Morgan fingerprint density at radius 3 is 1.23 bits per heavy atom. The van der Waals surface area contributed by atoms with Gasteiger partial charge in [0.05, 0.1) is 11.1 Å². The van der Waals surface area contributed by atoms with Gasteiger partial charge in [0.2, 0.25) is 22.8 Å². The predicted molar refractivity (Wildman–Crippen MR) is 531 cm³/mol. The zero-order valence-electron chi connectivity index (χ0n) is 80.2. The van der Waals surface area contributed by atoms with E-state index in [-0.39, 0.29) is 32.5 Å². The largest absolute Gasteiger partial charge is 0.213 e. The van der Waals surface area contributed by atoms with E-state index < -0.39 is 0 Å². The van der Waals surface area contributed by atoms with Crippen LogP contribution in [-0.4, -0.2) is 0 Å². The summed E-state index contributed by atoms with van der Waals surface area (Å²) in [5, 5.41) is 10.9. The minimum Gasteiger partial charge on any atom is -0.201 e. The van der Waals surface area contributed by atoms with E-state index in [1.54, 1.807) is 0 Å². The maximum Gasteiger partial charge on any atom is 0.213 e. The van der Waals surface area contributed by atoms with Crippen molar-refractivity contribution < 1.29 is 18.3 Å². The molecule has 0 fully saturated rings. The lowest BCUT2D eigenvalue weighted by molar-refractivity contribution is -0.660. The van der Waals surface area contributed by atoms with E-state index in [0.717, 1.165) is 12.8 Å². The third kappa shape index (κ3) is 13.9. The Morgan fingerprint density at radius 2 is 0.640 bits per heavy atom. The van der Waals surface area contributed by atoms with Crippen LogP contribution in [-0.2, 0) is 73.5 Å². The molecule has 4 aliphatic rings. The van der Waals surface area contributed by atoms with Crippen LogP contribution in [0.1, 0.15) is 200 Å². The number of aryl methyl sites for hydroxylation is 18. The third-order valence-corrected chi connectivity index (χ3v) is 31.4. The quantitative estimate of drug-likeness (QED) is 0.156. The fourth-order valence-electron chi connectivity index (χ4n) is 22.3. The van der Waals surface area contributed by atoms with Gasteiger partial charge in [-0.15, -0.1) is 0 Å². The van der Waals surface area contributed by atoms with Crippen molar-refractivity contribution >= 4 is 43.1 Å². The van der Waals surface area contributed by atoms with Crippen molar-refractivity contribution in [3.8, 4) is 89.5 Å². The average Bonchev–Trinajstić information content (AvgIpc) is 0.698. The molecule has 4 nitrogen and oxygen atoms in total. The maximum absolute atomic E-state index is 2.47. The molecule has 630 valence electrons. The highest BCUT2D eigenvalue weighted by molar-refractivity contribution is 6.04. The molecule has 0 saturated carbocycles. The molecule has 0 amide bonds. The van der Waals surface area contributed by atoms with E-state index in [1.165, 1.54) is 249 Å². The SMILES string of the molecule is Cc1cc[n+](C)c(-c2c(C)cc(C)c3c2CCc2cc4cc(C)ccc4cc2-3)c1.Cc1cc[n+](C)c(-c2c(C)ccc3c2C(C)(C)C(C)(C)c2c-3cc(C)c3ccccc23)c1.Cc1cc[n+](C)c(-c2cc3c(cc2C)C(C)(C)C(C)(C)c2c-3ccc3cc(C)ccc23)c1.Cc1cc[n+](C)c(-c2cc3c(cc2C)C(C)(C)C(C)(C)c2ccc4cc(C)ccc4c2-3)c1. The molecule has 4 aliphatic carbocycles. The van der Waals surface area contributed by atoms with E-state index >= 15 is 0 Å².